The van der Waals surface area contributed by atoms with Crippen molar-refractivity contribution < 1.29 is 4.79 Å². The van der Waals surface area contributed by atoms with Gasteiger partial charge < -0.3 is 10.6 Å². The summed E-state index contributed by atoms with van der Waals surface area (Å²) in [5.74, 6) is 0.741. The van der Waals surface area contributed by atoms with E-state index in [1.165, 1.54) is 0 Å². The monoisotopic (exact) mass is 277 g/mol. The lowest BCUT2D eigenvalue weighted by Gasteiger charge is -2.26. The fourth-order valence-corrected chi connectivity index (χ4v) is 2.24. The fourth-order valence-electron chi connectivity index (χ4n) is 2.24. The van der Waals surface area contributed by atoms with E-state index in [4.69, 9.17) is 0 Å². The first-order valence-electron chi connectivity index (χ1n) is 7.49. The summed E-state index contributed by atoms with van der Waals surface area (Å²) >= 11 is 0. The molecule has 0 spiro atoms. The van der Waals surface area contributed by atoms with Crippen LogP contribution >= 0.6 is 0 Å². The number of aryl methyl sites for hydroxylation is 1. The van der Waals surface area contributed by atoms with Crippen LogP contribution in [0.4, 0.5) is 5.82 Å². The van der Waals surface area contributed by atoms with Crippen molar-refractivity contribution in [1.82, 2.24) is 10.3 Å². The van der Waals surface area contributed by atoms with Crippen molar-refractivity contribution in [2.75, 3.05) is 11.9 Å². The summed E-state index contributed by atoms with van der Waals surface area (Å²) in [5, 5.41) is 6.27. The number of nitrogens with zero attached hydrogens (tertiary/aromatic N) is 1. The number of hydrogen-bond donors (Lipinski definition) is 2. The zero-order chi connectivity index (χ0) is 15.2. The van der Waals surface area contributed by atoms with Gasteiger partial charge in [0.15, 0.2) is 0 Å². The molecular formula is C16H27N3O. The van der Waals surface area contributed by atoms with E-state index in [2.05, 4.69) is 36.4 Å². The van der Waals surface area contributed by atoms with E-state index in [1.807, 2.05) is 26.0 Å². The molecule has 1 heterocycles. The van der Waals surface area contributed by atoms with Crippen LogP contribution in [0.25, 0.3) is 0 Å². The Bertz CT molecular complexity index is 455. The van der Waals surface area contributed by atoms with Crippen LogP contribution in [0.2, 0.25) is 0 Å². The van der Waals surface area contributed by atoms with Crippen molar-refractivity contribution in [2.24, 2.45) is 0 Å². The van der Waals surface area contributed by atoms with E-state index in [-0.39, 0.29) is 11.4 Å². The minimum Gasteiger partial charge on any atom is -0.370 e. The van der Waals surface area contributed by atoms with Crippen LogP contribution in [0, 0.1) is 0 Å². The highest BCUT2D eigenvalue weighted by atomic mass is 16.1. The van der Waals surface area contributed by atoms with Crippen molar-refractivity contribution in [3.8, 4) is 0 Å². The maximum absolute atomic E-state index is 12.4. The van der Waals surface area contributed by atoms with Crippen LogP contribution < -0.4 is 10.6 Å². The molecule has 0 aliphatic carbocycles. The van der Waals surface area contributed by atoms with Gasteiger partial charge in [0.1, 0.15) is 5.82 Å². The number of carbonyl (C=O) groups excluding carboxylic acids is 1. The Kier molecular flexibility index (Phi) is 5.99. The zero-order valence-corrected chi connectivity index (χ0v) is 13.3. The molecule has 112 valence electrons. The van der Waals surface area contributed by atoms with Crippen molar-refractivity contribution in [3.63, 3.8) is 0 Å². The predicted octanol–water partition coefficient (Wildman–Crippen LogP) is 3.38. The third-order valence-electron chi connectivity index (χ3n) is 3.19. The molecule has 1 amide bonds. The quantitative estimate of drug-likeness (QED) is 0.803. The van der Waals surface area contributed by atoms with Gasteiger partial charge in [-0.1, -0.05) is 20.3 Å². The van der Waals surface area contributed by atoms with Crippen molar-refractivity contribution in [2.45, 2.75) is 59.4 Å². The second kappa shape index (κ2) is 7.27. The van der Waals surface area contributed by atoms with Crippen molar-refractivity contribution >= 4 is 11.7 Å². The normalized spacial score (nSPS) is 11.2. The second-order valence-corrected chi connectivity index (χ2v) is 5.70. The Balaban J connectivity index is 2.94. The Morgan fingerprint density at radius 1 is 1.25 bits per heavy atom. The van der Waals surface area contributed by atoms with E-state index >= 15 is 0 Å². The molecule has 4 nitrogen and oxygen atoms in total. The Morgan fingerprint density at radius 3 is 2.50 bits per heavy atom. The highest BCUT2D eigenvalue weighted by Gasteiger charge is 2.20. The highest BCUT2D eigenvalue weighted by molar-refractivity contribution is 5.95. The summed E-state index contributed by atoms with van der Waals surface area (Å²) in [4.78, 5) is 16.9. The van der Waals surface area contributed by atoms with E-state index in [1.54, 1.807) is 0 Å². The molecule has 4 heteroatoms. The first kappa shape index (κ1) is 16.5. The van der Waals surface area contributed by atoms with Crippen molar-refractivity contribution in [3.05, 3.63) is 23.4 Å². The molecule has 0 bridgehead atoms. The second-order valence-electron chi connectivity index (χ2n) is 5.70. The van der Waals surface area contributed by atoms with E-state index in [0.717, 1.165) is 37.3 Å². The lowest BCUT2D eigenvalue weighted by atomic mass is 9.98. The highest BCUT2D eigenvalue weighted by Crippen LogP contribution is 2.15. The van der Waals surface area contributed by atoms with Crippen molar-refractivity contribution in [1.29, 1.82) is 0 Å². The van der Waals surface area contributed by atoms with Gasteiger partial charge >= 0.3 is 0 Å². The minimum absolute atomic E-state index is 0.0281. The number of rotatable bonds is 7. The maximum atomic E-state index is 12.4. The molecule has 0 saturated heterocycles. The first-order chi connectivity index (χ1) is 9.41. The van der Waals surface area contributed by atoms with Gasteiger partial charge in [-0.05, 0) is 45.7 Å². The van der Waals surface area contributed by atoms with E-state index in [0.29, 0.717) is 5.56 Å². The number of carbonyl (C=O) groups is 1. The standard InChI is InChI=1S/C16H27N3O/c1-6-9-16(4,5)19-15(20)12-10-13(7-2)18-14(11-12)17-8-3/h10-11H,6-9H2,1-5H3,(H,17,18)(H,19,20). The predicted molar refractivity (Wildman–Crippen MR) is 84.2 cm³/mol. The Hall–Kier alpha value is -1.58. The molecule has 0 saturated carbocycles. The number of pyridine rings is 1. The summed E-state index contributed by atoms with van der Waals surface area (Å²) in [6, 6.07) is 3.69. The molecule has 0 fully saturated rings. The molecule has 0 aliphatic heterocycles. The van der Waals surface area contributed by atoms with Crippen LogP contribution in [0.15, 0.2) is 12.1 Å². The maximum Gasteiger partial charge on any atom is 0.251 e. The molecule has 1 aromatic heterocycles. The molecule has 0 aliphatic rings. The van der Waals surface area contributed by atoms with Gasteiger partial charge in [0, 0.05) is 23.3 Å². The van der Waals surface area contributed by atoms with Crippen LogP contribution in [-0.2, 0) is 6.42 Å². The largest absolute Gasteiger partial charge is 0.370 e. The SMILES string of the molecule is CCCC(C)(C)NC(=O)c1cc(CC)nc(NCC)c1. The van der Waals surface area contributed by atoms with Crippen LogP contribution in [0.1, 0.15) is 63.5 Å². The summed E-state index contributed by atoms with van der Waals surface area (Å²) in [7, 11) is 0. The molecule has 1 rings (SSSR count). The van der Waals surface area contributed by atoms with Gasteiger partial charge in [-0.25, -0.2) is 4.98 Å². The molecule has 0 aromatic carbocycles. The summed E-state index contributed by atoms with van der Waals surface area (Å²) in [6.45, 7) is 11.1. The summed E-state index contributed by atoms with van der Waals surface area (Å²) < 4.78 is 0. The molecule has 0 radical (unpaired) electrons. The van der Waals surface area contributed by atoms with E-state index < -0.39 is 0 Å². The van der Waals surface area contributed by atoms with Gasteiger partial charge in [0.05, 0.1) is 0 Å². The average molecular weight is 277 g/mol. The average Bonchev–Trinajstić information content (AvgIpc) is 2.38. The minimum atomic E-state index is -0.181. The molecule has 20 heavy (non-hydrogen) atoms. The van der Waals surface area contributed by atoms with E-state index in [9.17, 15) is 4.79 Å². The zero-order valence-electron chi connectivity index (χ0n) is 13.3. The molecular weight excluding hydrogens is 250 g/mol. The Labute approximate surface area is 122 Å². The van der Waals surface area contributed by atoms with Crippen LogP contribution in [0.3, 0.4) is 0 Å². The summed E-state index contributed by atoms with van der Waals surface area (Å²) in [6.07, 6.45) is 2.83. The molecule has 0 unspecified atom stereocenters. The smallest absolute Gasteiger partial charge is 0.251 e. The fraction of sp³-hybridized carbons (Fsp3) is 0.625. The van der Waals surface area contributed by atoms with Crippen LogP contribution in [-0.4, -0.2) is 23.0 Å². The number of nitrogens with one attached hydrogen (secondary N) is 2. The molecule has 1 aromatic rings. The topological polar surface area (TPSA) is 54.0 Å². The number of hydrogen-bond acceptors (Lipinski definition) is 3. The van der Waals surface area contributed by atoms with Gasteiger partial charge in [-0.2, -0.15) is 0 Å². The third kappa shape index (κ3) is 4.83. The summed E-state index contributed by atoms with van der Waals surface area (Å²) in [5.41, 5.74) is 1.43. The number of amides is 1. The van der Waals surface area contributed by atoms with Crippen LogP contribution in [0.5, 0.6) is 0 Å². The van der Waals surface area contributed by atoms with Gasteiger partial charge in [-0.3, -0.25) is 4.79 Å². The lowest BCUT2D eigenvalue weighted by Crippen LogP contribution is -2.43. The molecule has 2 N–H and O–H groups in total. The van der Waals surface area contributed by atoms with Gasteiger partial charge in [-0.15, -0.1) is 0 Å². The molecule has 0 atom stereocenters. The Morgan fingerprint density at radius 2 is 1.95 bits per heavy atom. The van der Waals surface area contributed by atoms with Gasteiger partial charge in [0.2, 0.25) is 0 Å². The first-order valence-corrected chi connectivity index (χ1v) is 7.49. The third-order valence-corrected chi connectivity index (χ3v) is 3.19. The van der Waals surface area contributed by atoms with Gasteiger partial charge in [0.25, 0.3) is 5.91 Å². The number of anilines is 1. The number of aromatic nitrogens is 1. The lowest BCUT2D eigenvalue weighted by molar-refractivity contribution is 0.0909.